The third kappa shape index (κ3) is 6.93. The lowest BCUT2D eigenvalue weighted by Gasteiger charge is -2.10. The van der Waals surface area contributed by atoms with Gasteiger partial charge in [0.25, 0.3) is 0 Å². The maximum Gasteiger partial charge on any atom is 0.164 e. The molecule has 0 aliphatic carbocycles. The average Bonchev–Trinajstić information content (AvgIpc) is 3.97. The molecule has 0 aliphatic rings. The van der Waals surface area contributed by atoms with E-state index in [1.165, 1.54) is 22.1 Å². The van der Waals surface area contributed by atoms with Gasteiger partial charge in [-0.1, -0.05) is 194 Å². The second-order valence-corrected chi connectivity index (χ2v) is 17.2. The van der Waals surface area contributed by atoms with Gasteiger partial charge in [0.2, 0.25) is 0 Å². The predicted octanol–water partition coefficient (Wildman–Crippen LogP) is 16.5. The highest BCUT2D eigenvalue weighted by Crippen LogP contribution is 2.42. The zero-order valence-corrected chi connectivity index (χ0v) is 36.8. The molecule has 0 bridgehead atoms. The molecule has 0 spiro atoms. The first-order chi connectivity index (χ1) is 33.7. The van der Waals surface area contributed by atoms with Gasteiger partial charge < -0.3 is 8.98 Å². The Morgan fingerprint density at radius 2 is 0.691 bits per heavy atom. The minimum Gasteiger partial charge on any atom is -0.454 e. The molecule has 3 aromatic heterocycles. The van der Waals surface area contributed by atoms with E-state index >= 15 is 0 Å². The summed E-state index contributed by atoms with van der Waals surface area (Å²) in [6, 6.07) is 85.2. The van der Waals surface area contributed by atoms with E-state index in [0.717, 1.165) is 88.6 Å². The first kappa shape index (κ1) is 39.2. The van der Waals surface area contributed by atoms with Crippen molar-refractivity contribution in [1.29, 1.82) is 0 Å². The third-order valence-electron chi connectivity index (χ3n) is 13.1. The van der Waals surface area contributed by atoms with Crippen molar-refractivity contribution < 1.29 is 4.42 Å². The number of hydrogen-bond acceptors (Lipinski definition) is 4. The van der Waals surface area contributed by atoms with Crippen LogP contribution < -0.4 is 0 Å². The zero-order valence-electron chi connectivity index (χ0n) is 36.8. The monoisotopic (exact) mass is 868 g/mol. The van der Waals surface area contributed by atoms with E-state index in [4.69, 9.17) is 19.4 Å². The molecule has 5 nitrogen and oxygen atoms in total. The van der Waals surface area contributed by atoms with Crippen LogP contribution in [0.1, 0.15) is 0 Å². The van der Waals surface area contributed by atoms with Gasteiger partial charge in [0, 0.05) is 43.9 Å². The van der Waals surface area contributed by atoms with Crippen LogP contribution in [0.15, 0.2) is 247 Å². The van der Waals surface area contributed by atoms with Gasteiger partial charge in [-0.15, -0.1) is 0 Å². The van der Waals surface area contributed by atoms with Crippen molar-refractivity contribution in [2.24, 2.45) is 0 Å². The smallest absolute Gasteiger partial charge is 0.164 e. The summed E-state index contributed by atoms with van der Waals surface area (Å²) in [7, 11) is 0. The maximum absolute atomic E-state index is 7.03. The minimum atomic E-state index is 0.568. The lowest BCUT2D eigenvalue weighted by Crippen LogP contribution is -2.00. The molecule has 3 heterocycles. The molecule has 0 amide bonds. The Kier molecular flexibility index (Phi) is 9.43. The number of benzene rings is 10. The fraction of sp³-hybridized carbons (Fsp3) is 0. The SMILES string of the molecule is c1ccc(-c2ccc(-c3nc(-c4cccc(-c5ccccc5)c4)nc(-c4ccc5c(c4)oc4c5ccc5c6ccccc6n(-c6ccc(-c7cccc(-c8ccccc8)c7)cc6)c54)n3)cc2)cc1. The molecule has 10 aromatic carbocycles. The molecule has 0 unspecified atom stereocenters. The van der Waals surface area contributed by atoms with Gasteiger partial charge in [-0.3, -0.25) is 0 Å². The lowest BCUT2D eigenvalue weighted by molar-refractivity contribution is 0.671. The Morgan fingerprint density at radius 3 is 1.32 bits per heavy atom. The van der Waals surface area contributed by atoms with Crippen molar-refractivity contribution in [3.05, 3.63) is 243 Å². The Labute approximate surface area is 392 Å². The van der Waals surface area contributed by atoms with Gasteiger partial charge in [-0.2, -0.15) is 0 Å². The molecule has 68 heavy (non-hydrogen) atoms. The Morgan fingerprint density at radius 1 is 0.279 bits per heavy atom. The van der Waals surface area contributed by atoms with Crippen molar-refractivity contribution in [2.45, 2.75) is 0 Å². The normalized spacial score (nSPS) is 11.5. The van der Waals surface area contributed by atoms with Crippen LogP contribution in [-0.4, -0.2) is 19.5 Å². The fourth-order valence-corrected chi connectivity index (χ4v) is 9.68. The average molecular weight is 869 g/mol. The molecule has 0 fully saturated rings. The van der Waals surface area contributed by atoms with Gasteiger partial charge in [-0.25, -0.2) is 15.0 Å². The lowest BCUT2D eigenvalue weighted by atomic mass is 9.99. The molecular formula is C63H40N4O. The highest BCUT2D eigenvalue weighted by atomic mass is 16.3. The first-order valence-corrected chi connectivity index (χ1v) is 22.9. The molecule has 318 valence electrons. The van der Waals surface area contributed by atoms with Crippen LogP contribution in [0.4, 0.5) is 0 Å². The summed E-state index contributed by atoms with van der Waals surface area (Å²) in [4.78, 5) is 15.4. The number of fused-ring (bicyclic) bond motifs is 7. The number of furan rings is 1. The molecule has 0 aliphatic heterocycles. The Hall–Kier alpha value is -9.19. The van der Waals surface area contributed by atoms with E-state index in [1.807, 2.05) is 12.1 Å². The molecule has 0 saturated heterocycles. The van der Waals surface area contributed by atoms with E-state index in [-0.39, 0.29) is 0 Å². The molecule has 0 N–H and O–H groups in total. The van der Waals surface area contributed by atoms with Gasteiger partial charge >= 0.3 is 0 Å². The van der Waals surface area contributed by atoms with Crippen molar-refractivity contribution in [3.63, 3.8) is 0 Å². The molecule has 0 radical (unpaired) electrons. The fourth-order valence-electron chi connectivity index (χ4n) is 9.68. The summed E-state index contributed by atoms with van der Waals surface area (Å²) in [6.07, 6.45) is 0. The second kappa shape index (κ2) is 16.4. The zero-order chi connectivity index (χ0) is 45.0. The summed E-state index contributed by atoms with van der Waals surface area (Å²) in [5.41, 5.74) is 16.7. The quantitative estimate of drug-likeness (QED) is 0.153. The first-order valence-electron chi connectivity index (χ1n) is 22.9. The number of rotatable bonds is 8. The van der Waals surface area contributed by atoms with Crippen LogP contribution in [0.25, 0.3) is 128 Å². The molecule has 0 atom stereocenters. The van der Waals surface area contributed by atoms with E-state index in [9.17, 15) is 0 Å². The Bertz CT molecular complexity index is 3990. The minimum absolute atomic E-state index is 0.568. The second-order valence-electron chi connectivity index (χ2n) is 17.2. The topological polar surface area (TPSA) is 56.7 Å². The van der Waals surface area contributed by atoms with Crippen LogP contribution in [0, 0.1) is 0 Å². The van der Waals surface area contributed by atoms with Crippen LogP contribution >= 0.6 is 0 Å². The highest BCUT2D eigenvalue weighted by molar-refractivity contribution is 6.21. The largest absolute Gasteiger partial charge is 0.454 e. The maximum atomic E-state index is 7.03. The molecule has 13 aromatic rings. The van der Waals surface area contributed by atoms with Crippen molar-refractivity contribution in [2.75, 3.05) is 0 Å². The number of nitrogens with zero attached hydrogens (tertiary/aromatic N) is 4. The summed E-state index contributed by atoms with van der Waals surface area (Å²) in [5.74, 6) is 1.76. The van der Waals surface area contributed by atoms with Crippen molar-refractivity contribution in [1.82, 2.24) is 19.5 Å². The molecule has 0 saturated carbocycles. The highest BCUT2D eigenvalue weighted by Gasteiger charge is 2.21. The number of hydrogen-bond donors (Lipinski definition) is 0. The van der Waals surface area contributed by atoms with E-state index < -0.39 is 0 Å². The van der Waals surface area contributed by atoms with E-state index in [2.05, 4.69) is 235 Å². The third-order valence-corrected chi connectivity index (χ3v) is 13.1. The summed E-state index contributed by atoms with van der Waals surface area (Å²) in [6.45, 7) is 0. The van der Waals surface area contributed by atoms with Gasteiger partial charge in [-0.05, 0) is 93.0 Å². The van der Waals surface area contributed by atoms with Crippen LogP contribution in [-0.2, 0) is 0 Å². The van der Waals surface area contributed by atoms with Gasteiger partial charge in [0.15, 0.2) is 23.1 Å². The molecular weight excluding hydrogens is 829 g/mol. The van der Waals surface area contributed by atoms with Crippen LogP contribution in [0.2, 0.25) is 0 Å². The standard InChI is InChI=1S/C63H40N4O/c1-4-14-41(15-5-1)44-26-28-46(29-27-44)61-64-62(50-23-13-22-49(39-50)43-18-8-3-9-19-43)66-63(65-61)51-32-35-54-56-37-36-55-53-24-10-11-25-57(53)67(59(55)60(56)68-58(54)40-51)52-33-30-45(31-34-52)48-21-12-20-47(38-48)42-16-6-2-7-17-42/h1-40H. The summed E-state index contributed by atoms with van der Waals surface area (Å²) in [5, 5.41) is 4.38. The summed E-state index contributed by atoms with van der Waals surface area (Å²) >= 11 is 0. The van der Waals surface area contributed by atoms with E-state index in [0.29, 0.717) is 17.5 Å². The summed E-state index contributed by atoms with van der Waals surface area (Å²) < 4.78 is 9.37. The van der Waals surface area contributed by atoms with Crippen molar-refractivity contribution >= 4 is 43.7 Å². The molecule has 13 rings (SSSR count). The Balaban J connectivity index is 0.933. The molecule has 5 heteroatoms. The number of para-hydroxylation sites is 1. The predicted molar refractivity (Wildman–Crippen MR) is 279 cm³/mol. The van der Waals surface area contributed by atoms with Crippen LogP contribution in [0.3, 0.4) is 0 Å². The van der Waals surface area contributed by atoms with Crippen molar-refractivity contribution in [3.8, 4) is 84.4 Å². The van der Waals surface area contributed by atoms with Gasteiger partial charge in [0.1, 0.15) is 5.58 Å². The van der Waals surface area contributed by atoms with Crippen LogP contribution in [0.5, 0.6) is 0 Å². The number of aromatic nitrogens is 4. The van der Waals surface area contributed by atoms with E-state index in [1.54, 1.807) is 0 Å². The van der Waals surface area contributed by atoms with Gasteiger partial charge in [0.05, 0.1) is 11.0 Å².